The first-order chi connectivity index (χ1) is 8.48. The van der Waals surface area contributed by atoms with Crippen molar-refractivity contribution in [3.05, 3.63) is 12.2 Å². The third-order valence-electron chi connectivity index (χ3n) is 5.74. The van der Waals surface area contributed by atoms with Gasteiger partial charge in [-0.3, -0.25) is 4.79 Å². The molecule has 1 atom stereocenters. The average Bonchev–Trinajstić information content (AvgIpc) is 2.26. The fraction of sp³-hybridized carbons (Fsp3) is 0.812. The Kier molecular flexibility index (Phi) is 2.80. The number of hydrogen-bond acceptors (Lipinski definition) is 1. The summed E-state index contributed by atoms with van der Waals surface area (Å²) in [6.45, 7) is 7.75. The van der Waals surface area contributed by atoms with E-state index in [0.717, 1.165) is 17.8 Å². The summed E-state index contributed by atoms with van der Waals surface area (Å²) in [5.41, 5.74) is 1.03. The lowest BCUT2D eigenvalue weighted by molar-refractivity contribution is -0.122. The molecule has 2 heteroatoms. The van der Waals surface area contributed by atoms with E-state index in [1.54, 1.807) is 6.92 Å². The molecule has 0 aromatic rings. The maximum absolute atomic E-state index is 11.8. The molecule has 0 saturated heterocycles. The van der Waals surface area contributed by atoms with Crippen LogP contribution in [-0.2, 0) is 4.79 Å². The van der Waals surface area contributed by atoms with Crippen molar-refractivity contribution in [2.75, 3.05) is 0 Å². The molecule has 2 nitrogen and oxygen atoms in total. The van der Waals surface area contributed by atoms with Crippen LogP contribution in [0.2, 0.25) is 0 Å². The van der Waals surface area contributed by atoms with Crippen LogP contribution in [0, 0.1) is 23.2 Å². The number of rotatable bonds is 3. The van der Waals surface area contributed by atoms with Crippen molar-refractivity contribution in [2.24, 2.45) is 23.2 Å². The van der Waals surface area contributed by atoms with Crippen molar-refractivity contribution in [1.82, 2.24) is 5.32 Å². The monoisotopic (exact) mass is 247 g/mol. The standard InChI is InChI=1S/C16H25NO/c1-10(2)15(18)17-11(3)16-7-12-4-13(8-16)6-14(5-12)9-16/h11-14H,1,4-9H2,2-3H3,(H,17,18). The van der Waals surface area contributed by atoms with Gasteiger partial charge in [0.15, 0.2) is 0 Å². The van der Waals surface area contributed by atoms with Gasteiger partial charge in [-0.05, 0) is 75.5 Å². The highest BCUT2D eigenvalue weighted by atomic mass is 16.1. The van der Waals surface area contributed by atoms with Gasteiger partial charge >= 0.3 is 0 Å². The van der Waals surface area contributed by atoms with Crippen LogP contribution in [0.25, 0.3) is 0 Å². The number of carbonyl (C=O) groups is 1. The maximum Gasteiger partial charge on any atom is 0.246 e. The van der Waals surface area contributed by atoms with E-state index in [9.17, 15) is 4.79 Å². The lowest BCUT2D eigenvalue weighted by atomic mass is 9.48. The topological polar surface area (TPSA) is 29.1 Å². The zero-order chi connectivity index (χ0) is 12.9. The molecular weight excluding hydrogens is 222 g/mol. The van der Waals surface area contributed by atoms with Gasteiger partial charge in [0.05, 0.1) is 0 Å². The van der Waals surface area contributed by atoms with Gasteiger partial charge in [-0.1, -0.05) is 6.58 Å². The predicted octanol–water partition coefficient (Wildman–Crippen LogP) is 3.28. The second-order valence-corrected chi connectivity index (χ2v) is 7.26. The Labute approximate surface area is 110 Å². The molecule has 4 fully saturated rings. The molecule has 0 aliphatic heterocycles. The third kappa shape index (κ3) is 1.90. The molecule has 100 valence electrons. The molecule has 0 spiro atoms. The lowest BCUT2D eigenvalue weighted by Gasteiger charge is -2.59. The number of nitrogens with one attached hydrogen (secondary N) is 1. The minimum Gasteiger partial charge on any atom is -0.349 e. The van der Waals surface area contributed by atoms with E-state index in [1.165, 1.54) is 38.5 Å². The number of amides is 1. The normalized spacial score (nSPS) is 42.7. The Morgan fingerprint density at radius 3 is 2.00 bits per heavy atom. The van der Waals surface area contributed by atoms with E-state index in [-0.39, 0.29) is 5.91 Å². The highest BCUT2D eigenvalue weighted by molar-refractivity contribution is 5.92. The van der Waals surface area contributed by atoms with Gasteiger partial charge < -0.3 is 5.32 Å². The Morgan fingerprint density at radius 1 is 1.17 bits per heavy atom. The van der Waals surface area contributed by atoms with Gasteiger partial charge in [0, 0.05) is 11.6 Å². The first kappa shape index (κ1) is 12.3. The molecule has 1 amide bonds. The molecule has 18 heavy (non-hydrogen) atoms. The maximum atomic E-state index is 11.8. The van der Waals surface area contributed by atoms with E-state index < -0.39 is 0 Å². The average molecular weight is 247 g/mol. The fourth-order valence-electron chi connectivity index (χ4n) is 5.18. The van der Waals surface area contributed by atoms with Crippen LogP contribution in [0.4, 0.5) is 0 Å². The summed E-state index contributed by atoms with van der Waals surface area (Å²) in [7, 11) is 0. The van der Waals surface area contributed by atoms with Crippen LogP contribution in [-0.4, -0.2) is 11.9 Å². The van der Waals surface area contributed by atoms with Crippen LogP contribution in [0.1, 0.15) is 52.4 Å². The van der Waals surface area contributed by atoms with Gasteiger partial charge in [0.2, 0.25) is 5.91 Å². The van der Waals surface area contributed by atoms with Crippen molar-refractivity contribution in [2.45, 2.75) is 58.4 Å². The minimum atomic E-state index is 0.0400. The molecule has 4 saturated carbocycles. The van der Waals surface area contributed by atoms with Gasteiger partial charge in [-0.15, -0.1) is 0 Å². The van der Waals surface area contributed by atoms with Gasteiger partial charge in [-0.2, -0.15) is 0 Å². The lowest BCUT2D eigenvalue weighted by Crippen LogP contribution is -2.55. The van der Waals surface area contributed by atoms with Crippen LogP contribution in [0.15, 0.2) is 12.2 Å². The molecule has 0 radical (unpaired) electrons. The van der Waals surface area contributed by atoms with Crippen molar-refractivity contribution >= 4 is 5.91 Å². The second-order valence-electron chi connectivity index (χ2n) is 7.26. The summed E-state index contributed by atoms with van der Waals surface area (Å²) < 4.78 is 0. The summed E-state index contributed by atoms with van der Waals surface area (Å²) in [5, 5.41) is 3.20. The van der Waals surface area contributed by atoms with Crippen LogP contribution >= 0.6 is 0 Å². The Bertz CT molecular complexity index is 349. The summed E-state index contributed by atoms with van der Waals surface area (Å²) in [6, 6.07) is 0.315. The van der Waals surface area contributed by atoms with Gasteiger partial charge in [0.1, 0.15) is 0 Å². The van der Waals surface area contributed by atoms with E-state index in [1.807, 2.05) is 0 Å². The number of hydrogen-bond donors (Lipinski definition) is 1. The van der Waals surface area contributed by atoms with E-state index in [0.29, 0.717) is 17.0 Å². The molecule has 4 bridgehead atoms. The third-order valence-corrected chi connectivity index (χ3v) is 5.74. The van der Waals surface area contributed by atoms with Crippen molar-refractivity contribution in [3.8, 4) is 0 Å². The zero-order valence-corrected chi connectivity index (χ0v) is 11.7. The fourth-order valence-corrected chi connectivity index (χ4v) is 5.18. The summed E-state index contributed by atoms with van der Waals surface area (Å²) in [5.74, 6) is 2.87. The van der Waals surface area contributed by atoms with E-state index in [4.69, 9.17) is 0 Å². The number of carbonyl (C=O) groups excluding carboxylic acids is 1. The molecule has 0 aromatic carbocycles. The first-order valence-corrected chi connectivity index (χ1v) is 7.45. The Hall–Kier alpha value is -0.790. The highest BCUT2D eigenvalue weighted by Crippen LogP contribution is 2.61. The van der Waals surface area contributed by atoms with Crippen molar-refractivity contribution < 1.29 is 4.79 Å². The predicted molar refractivity (Wildman–Crippen MR) is 73.0 cm³/mol. The van der Waals surface area contributed by atoms with Crippen LogP contribution in [0.3, 0.4) is 0 Å². The summed E-state index contributed by atoms with van der Waals surface area (Å²) in [4.78, 5) is 11.8. The quantitative estimate of drug-likeness (QED) is 0.762. The van der Waals surface area contributed by atoms with E-state index in [2.05, 4.69) is 18.8 Å². The molecule has 4 aliphatic rings. The summed E-state index contributed by atoms with van der Waals surface area (Å²) >= 11 is 0. The van der Waals surface area contributed by atoms with Gasteiger partial charge in [0.25, 0.3) is 0 Å². The molecule has 1 unspecified atom stereocenters. The zero-order valence-electron chi connectivity index (χ0n) is 11.7. The van der Waals surface area contributed by atoms with Crippen molar-refractivity contribution in [1.29, 1.82) is 0 Å². The molecule has 4 aliphatic carbocycles. The molecule has 1 N–H and O–H groups in total. The minimum absolute atomic E-state index is 0.0400. The SMILES string of the molecule is C=C(C)C(=O)NC(C)C12CC3CC(CC(C3)C1)C2. The molecule has 4 rings (SSSR count). The summed E-state index contributed by atoms with van der Waals surface area (Å²) in [6.07, 6.45) is 8.41. The molecule has 0 aromatic heterocycles. The van der Waals surface area contributed by atoms with Crippen LogP contribution in [0.5, 0.6) is 0 Å². The Morgan fingerprint density at radius 2 is 1.61 bits per heavy atom. The first-order valence-electron chi connectivity index (χ1n) is 7.45. The second kappa shape index (κ2) is 4.11. The van der Waals surface area contributed by atoms with Crippen molar-refractivity contribution in [3.63, 3.8) is 0 Å². The van der Waals surface area contributed by atoms with Gasteiger partial charge in [-0.25, -0.2) is 0 Å². The molecular formula is C16H25NO. The highest BCUT2D eigenvalue weighted by Gasteiger charge is 2.53. The molecule has 0 heterocycles. The largest absolute Gasteiger partial charge is 0.349 e. The smallest absolute Gasteiger partial charge is 0.246 e. The van der Waals surface area contributed by atoms with Crippen LogP contribution < -0.4 is 5.32 Å². The van der Waals surface area contributed by atoms with E-state index >= 15 is 0 Å². The Balaban J connectivity index is 1.74.